The van der Waals surface area contributed by atoms with Crippen LogP contribution >= 0.6 is 0 Å². The molecule has 3 aromatic rings. The number of benzene rings is 1. The third-order valence-corrected chi connectivity index (χ3v) is 3.86. The first-order valence-electron chi connectivity index (χ1n) is 8.34. The first-order valence-corrected chi connectivity index (χ1v) is 8.34. The lowest BCUT2D eigenvalue weighted by Crippen LogP contribution is -2.45. The highest BCUT2D eigenvalue weighted by Crippen LogP contribution is 2.07. The summed E-state index contributed by atoms with van der Waals surface area (Å²) in [5.74, 6) is -0.486. The molecular formula is C19H20N4O3. The molecule has 7 nitrogen and oxygen atoms in total. The van der Waals surface area contributed by atoms with E-state index in [4.69, 9.17) is 4.42 Å². The molecule has 0 bridgehead atoms. The van der Waals surface area contributed by atoms with Crippen LogP contribution in [0.25, 0.3) is 5.69 Å². The molecule has 2 heterocycles. The molecule has 0 aliphatic carbocycles. The summed E-state index contributed by atoms with van der Waals surface area (Å²) < 4.78 is 6.80. The van der Waals surface area contributed by atoms with Crippen LogP contribution in [0, 0.1) is 0 Å². The van der Waals surface area contributed by atoms with Gasteiger partial charge in [-0.15, -0.1) is 0 Å². The van der Waals surface area contributed by atoms with Crippen LogP contribution in [0.4, 0.5) is 0 Å². The number of carbonyl (C=O) groups excluding carboxylic acids is 2. The summed E-state index contributed by atoms with van der Waals surface area (Å²) in [7, 11) is 0. The molecule has 0 aliphatic heterocycles. The van der Waals surface area contributed by atoms with Crippen molar-refractivity contribution < 1.29 is 14.0 Å². The van der Waals surface area contributed by atoms with Crippen molar-refractivity contribution in [3.05, 3.63) is 72.4 Å². The molecule has 0 saturated carbocycles. The number of hydrogen-bond donors (Lipinski definition) is 2. The molecule has 0 saturated heterocycles. The van der Waals surface area contributed by atoms with Gasteiger partial charge in [0.15, 0.2) is 5.76 Å². The van der Waals surface area contributed by atoms with E-state index in [1.807, 2.05) is 36.5 Å². The minimum absolute atomic E-state index is 0.179. The number of nitrogens with one attached hydrogen (secondary N) is 2. The van der Waals surface area contributed by atoms with E-state index >= 15 is 0 Å². The highest BCUT2D eigenvalue weighted by atomic mass is 16.3. The Morgan fingerprint density at radius 1 is 1.19 bits per heavy atom. The Labute approximate surface area is 151 Å². The lowest BCUT2D eigenvalue weighted by molar-refractivity contribution is -0.122. The van der Waals surface area contributed by atoms with E-state index in [1.165, 1.54) is 6.26 Å². The van der Waals surface area contributed by atoms with Crippen molar-refractivity contribution >= 4 is 11.8 Å². The van der Waals surface area contributed by atoms with Crippen molar-refractivity contribution in [2.24, 2.45) is 0 Å². The molecule has 0 spiro atoms. The number of amides is 2. The molecule has 1 unspecified atom stereocenters. The Morgan fingerprint density at radius 2 is 2.00 bits per heavy atom. The smallest absolute Gasteiger partial charge is 0.287 e. The molecule has 134 valence electrons. The lowest BCUT2D eigenvalue weighted by atomic mass is 10.2. The van der Waals surface area contributed by atoms with Gasteiger partial charge in [0.25, 0.3) is 5.91 Å². The van der Waals surface area contributed by atoms with E-state index in [-0.39, 0.29) is 11.7 Å². The van der Waals surface area contributed by atoms with Crippen molar-refractivity contribution in [2.75, 3.05) is 6.54 Å². The van der Waals surface area contributed by atoms with Crippen LogP contribution in [0.2, 0.25) is 0 Å². The molecule has 26 heavy (non-hydrogen) atoms. The van der Waals surface area contributed by atoms with Gasteiger partial charge in [0, 0.05) is 12.7 Å². The second kappa shape index (κ2) is 8.15. The molecule has 2 aromatic heterocycles. The van der Waals surface area contributed by atoms with Crippen LogP contribution in [0.15, 0.2) is 65.5 Å². The van der Waals surface area contributed by atoms with Gasteiger partial charge in [-0.2, -0.15) is 5.10 Å². The number of hydrogen-bond acceptors (Lipinski definition) is 4. The number of carbonyl (C=O) groups is 2. The first-order chi connectivity index (χ1) is 12.6. The molecule has 1 aromatic carbocycles. The third kappa shape index (κ3) is 4.38. The molecule has 0 fully saturated rings. The molecule has 3 rings (SSSR count). The van der Waals surface area contributed by atoms with Gasteiger partial charge in [0.2, 0.25) is 5.91 Å². The zero-order chi connectivity index (χ0) is 18.4. The maximum absolute atomic E-state index is 12.1. The van der Waals surface area contributed by atoms with Gasteiger partial charge < -0.3 is 15.1 Å². The zero-order valence-corrected chi connectivity index (χ0v) is 14.4. The van der Waals surface area contributed by atoms with Crippen molar-refractivity contribution in [1.82, 2.24) is 20.4 Å². The minimum atomic E-state index is -0.653. The van der Waals surface area contributed by atoms with Gasteiger partial charge >= 0.3 is 0 Å². The first kappa shape index (κ1) is 17.5. The van der Waals surface area contributed by atoms with E-state index in [9.17, 15) is 9.59 Å². The van der Waals surface area contributed by atoms with Gasteiger partial charge in [-0.05, 0) is 43.2 Å². The summed E-state index contributed by atoms with van der Waals surface area (Å²) in [6.07, 6.45) is 5.78. The van der Waals surface area contributed by atoms with E-state index < -0.39 is 11.9 Å². The Balaban J connectivity index is 1.45. The van der Waals surface area contributed by atoms with E-state index in [1.54, 1.807) is 29.9 Å². The van der Waals surface area contributed by atoms with Crippen molar-refractivity contribution in [3.8, 4) is 5.69 Å². The highest BCUT2D eigenvalue weighted by molar-refractivity contribution is 5.95. The van der Waals surface area contributed by atoms with Crippen LogP contribution in [0.5, 0.6) is 0 Å². The number of aromatic nitrogens is 2. The van der Waals surface area contributed by atoms with Crippen LogP contribution < -0.4 is 10.6 Å². The molecule has 2 N–H and O–H groups in total. The second-order valence-electron chi connectivity index (χ2n) is 5.84. The normalized spacial score (nSPS) is 11.7. The highest BCUT2D eigenvalue weighted by Gasteiger charge is 2.17. The number of para-hydroxylation sites is 1. The number of furan rings is 1. The SMILES string of the molecule is CC(NC(=O)c1ccco1)C(=O)NCCc1cnn(-c2ccccc2)c1. The summed E-state index contributed by atoms with van der Waals surface area (Å²) >= 11 is 0. The average Bonchev–Trinajstić information content (AvgIpc) is 3.34. The summed E-state index contributed by atoms with van der Waals surface area (Å²) in [6, 6.07) is 12.3. The van der Waals surface area contributed by atoms with E-state index in [2.05, 4.69) is 15.7 Å². The monoisotopic (exact) mass is 352 g/mol. The standard InChI is InChI=1S/C19H20N4O3/c1-14(22-19(25)17-8-5-11-26-17)18(24)20-10-9-15-12-21-23(13-15)16-6-3-2-4-7-16/h2-8,11-14H,9-10H2,1H3,(H,20,24)(H,22,25). The van der Waals surface area contributed by atoms with Gasteiger partial charge in [0.05, 0.1) is 18.1 Å². The summed E-state index contributed by atoms with van der Waals surface area (Å²) in [6.45, 7) is 2.09. The number of nitrogens with zero attached hydrogens (tertiary/aromatic N) is 2. The summed E-state index contributed by atoms with van der Waals surface area (Å²) in [5.41, 5.74) is 2.00. The maximum atomic E-state index is 12.1. The topological polar surface area (TPSA) is 89.2 Å². The Morgan fingerprint density at radius 3 is 2.73 bits per heavy atom. The van der Waals surface area contributed by atoms with Crippen LogP contribution in [0.3, 0.4) is 0 Å². The molecule has 2 amide bonds. The van der Waals surface area contributed by atoms with Gasteiger partial charge in [-0.3, -0.25) is 9.59 Å². The van der Waals surface area contributed by atoms with E-state index in [0.717, 1.165) is 11.3 Å². The summed E-state index contributed by atoms with van der Waals surface area (Å²) in [4.78, 5) is 23.9. The van der Waals surface area contributed by atoms with Gasteiger partial charge in [-0.25, -0.2) is 4.68 Å². The van der Waals surface area contributed by atoms with Gasteiger partial charge in [-0.1, -0.05) is 18.2 Å². The van der Waals surface area contributed by atoms with Crippen molar-refractivity contribution in [1.29, 1.82) is 0 Å². The van der Waals surface area contributed by atoms with Crippen molar-refractivity contribution in [3.63, 3.8) is 0 Å². The van der Waals surface area contributed by atoms with Crippen LogP contribution in [0.1, 0.15) is 23.0 Å². The fourth-order valence-corrected chi connectivity index (χ4v) is 2.44. The second-order valence-corrected chi connectivity index (χ2v) is 5.84. The average molecular weight is 352 g/mol. The Bertz CT molecular complexity index is 856. The summed E-state index contributed by atoms with van der Waals surface area (Å²) in [5, 5.41) is 9.73. The predicted molar refractivity (Wildman–Crippen MR) is 95.9 cm³/mol. The maximum Gasteiger partial charge on any atom is 0.287 e. The third-order valence-electron chi connectivity index (χ3n) is 3.86. The fourth-order valence-electron chi connectivity index (χ4n) is 2.44. The quantitative estimate of drug-likeness (QED) is 0.680. The van der Waals surface area contributed by atoms with Crippen LogP contribution in [-0.2, 0) is 11.2 Å². The Hall–Kier alpha value is -3.35. The molecule has 0 aliphatic rings. The van der Waals surface area contributed by atoms with Gasteiger partial charge in [0.1, 0.15) is 6.04 Å². The Kier molecular flexibility index (Phi) is 5.48. The lowest BCUT2D eigenvalue weighted by Gasteiger charge is -2.13. The molecule has 0 radical (unpaired) electrons. The van der Waals surface area contributed by atoms with Crippen LogP contribution in [-0.4, -0.2) is 34.2 Å². The largest absolute Gasteiger partial charge is 0.459 e. The minimum Gasteiger partial charge on any atom is -0.459 e. The predicted octanol–water partition coefficient (Wildman–Crippen LogP) is 1.94. The molecule has 1 atom stereocenters. The fraction of sp³-hybridized carbons (Fsp3) is 0.211. The molecular weight excluding hydrogens is 332 g/mol. The van der Waals surface area contributed by atoms with Crippen molar-refractivity contribution in [2.45, 2.75) is 19.4 Å². The molecule has 7 heteroatoms. The number of rotatable bonds is 7. The van der Waals surface area contributed by atoms with E-state index in [0.29, 0.717) is 13.0 Å². The zero-order valence-electron chi connectivity index (χ0n) is 14.4.